The van der Waals surface area contributed by atoms with Crippen molar-refractivity contribution < 1.29 is 9.53 Å². The van der Waals surface area contributed by atoms with Gasteiger partial charge in [-0.1, -0.05) is 60.3 Å². The third kappa shape index (κ3) is 4.20. The van der Waals surface area contributed by atoms with E-state index in [0.29, 0.717) is 31.5 Å². The molecule has 0 N–H and O–H groups in total. The lowest BCUT2D eigenvalue weighted by molar-refractivity contribution is -0.134. The molecule has 1 atom stereocenters. The van der Waals surface area contributed by atoms with Gasteiger partial charge in [0, 0.05) is 13.1 Å². The fourth-order valence-electron chi connectivity index (χ4n) is 2.95. The third-order valence-electron chi connectivity index (χ3n) is 4.36. The van der Waals surface area contributed by atoms with Gasteiger partial charge >= 0.3 is 0 Å². The molecular weight excluding hydrogens is 360 g/mol. The summed E-state index contributed by atoms with van der Waals surface area (Å²) in [5.41, 5.74) is 1.89. The van der Waals surface area contributed by atoms with Gasteiger partial charge in [0.1, 0.15) is 11.6 Å². The van der Waals surface area contributed by atoms with E-state index in [2.05, 4.69) is 10.1 Å². The molecule has 0 bridgehead atoms. The van der Waals surface area contributed by atoms with Crippen molar-refractivity contribution in [2.24, 2.45) is 0 Å². The second-order valence-corrected chi connectivity index (χ2v) is 7.23. The van der Waals surface area contributed by atoms with Gasteiger partial charge in [0.15, 0.2) is 0 Å². The van der Waals surface area contributed by atoms with Crippen molar-refractivity contribution in [3.63, 3.8) is 0 Å². The number of aromatic nitrogens is 3. The summed E-state index contributed by atoms with van der Waals surface area (Å²) in [6.07, 6.45) is 1.68. The molecule has 0 saturated carbocycles. The van der Waals surface area contributed by atoms with Crippen LogP contribution in [-0.2, 0) is 9.53 Å². The summed E-state index contributed by atoms with van der Waals surface area (Å²) in [7, 11) is 0. The van der Waals surface area contributed by atoms with Crippen LogP contribution < -0.4 is 0 Å². The van der Waals surface area contributed by atoms with Crippen LogP contribution in [0.4, 0.5) is 0 Å². The summed E-state index contributed by atoms with van der Waals surface area (Å²) >= 11 is 1.38. The van der Waals surface area contributed by atoms with E-state index in [1.54, 1.807) is 11.0 Å². The number of amides is 1. The number of carbonyl (C=O) groups excluding carboxylic acids is 1. The zero-order chi connectivity index (χ0) is 18.5. The summed E-state index contributed by atoms with van der Waals surface area (Å²) < 4.78 is 7.10. The molecular formula is C20H20N4O2S. The summed E-state index contributed by atoms with van der Waals surface area (Å²) in [5.74, 6) is 0.0746. The largest absolute Gasteiger partial charge is 0.378 e. The zero-order valence-electron chi connectivity index (χ0n) is 14.8. The average Bonchev–Trinajstić information content (AvgIpc) is 3.22. The second kappa shape index (κ2) is 8.37. The number of morpholine rings is 1. The first-order chi connectivity index (χ1) is 13.3. The number of nitrogens with zero attached hydrogens (tertiary/aromatic N) is 4. The van der Waals surface area contributed by atoms with E-state index in [0.717, 1.165) is 11.3 Å². The second-order valence-electron chi connectivity index (χ2n) is 6.15. The molecule has 0 spiro atoms. The van der Waals surface area contributed by atoms with E-state index in [1.807, 2.05) is 65.6 Å². The van der Waals surface area contributed by atoms with E-state index < -0.39 is 0 Å². The maximum atomic E-state index is 13.2. The fourth-order valence-corrected chi connectivity index (χ4v) is 3.95. The number of hydrogen-bond donors (Lipinski definition) is 0. The molecule has 1 aliphatic rings. The standard InChI is InChI=1S/C20H20N4O2S/c25-19(23-11-13-26-14-12-23)18(16-7-3-1-4-8-16)27-20-21-15-24(22-20)17-9-5-2-6-10-17/h1-10,15,18H,11-14H2/t18-/m0/s1. The molecule has 2 heterocycles. The molecule has 1 amide bonds. The van der Waals surface area contributed by atoms with Gasteiger partial charge in [-0.25, -0.2) is 9.67 Å². The number of hydrogen-bond acceptors (Lipinski definition) is 5. The Labute approximate surface area is 162 Å². The van der Waals surface area contributed by atoms with Crippen molar-refractivity contribution in [3.8, 4) is 5.69 Å². The number of benzene rings is 2. The highest BCUT2D eigenvalue weighted by Crippen LogP contribution is 2.35. The summed E-state index contributed by atoms with van der Waals surface area (Å²) in [6, 6.07) is 19.6. The van der Waals surface area contributed by atoms with Gasteiger partial charge in [-0.2, -0.15) is 0 Å². The van der Waals surface area contributed by atoms with Crippen LogP contribution >= 0.6 is 11.8 Å². The molecule has 27 heavy (non-hydrogen) atoms. The molecule has 7 heteroatoms. The van der Waals surface area contributed by atoms with Crippen molar-refractivity contribution in [1.29, 1.82) is 0 Å². The molecule has 1 saturated heterocycles. The average molecular weight is 380 g/mol. The number of carbonyl (C=O) groups is 1. The van der Waals surface area contributed by atoms with Crippen LogP contribution in [-0.4, -0.2) is 51.9 Å². The lowest BCUT2D eigenvalue weighted by Gasteiger charge is -2.30. The van der Waals surface area contributed by atoms with Gasteiger partial charge in [-0.3, -0.25) is 4.79 Å². The maximum absolute atomic E-state index is 13.2. The van der Waals surface area contributed by atoms with Crippen LogP contribution in [0.5, 0.6) is 0 Å². The van der Waals surface area contributed by atoms with Crippen molar-refractivity contribution in [3.05, 3.63) is 72.6 Å². The number of rotatable bonds is 5. The SMILES string of the molecule is O=C([C@@H](Sc1ncn(-c2ccccc2)n1)c1ccccc1)N1CCOCC1. The summed E-state index contributed by atoms with van der Waals surface area (Å²) in [6.45, 7) is 2.40. The Balaban J connectivity index is 1.58. The number of thioether (sulfide) groups is 1. The fraction of sp³-hybridized carbons (Fsp3) is 0.250. The van der Waals surface area contributed by atoms with Crippen molar-refractivity contribution in [2.75, 3.05) is 26.3 Å². The van der Waals surface area contributed by atoms with Crippen molar-refractivity contribution in [2.45, 2.75) is 10.4 Å². The maximum Gasteiger partial charge on any atom is 0.240 e. The lowest BCUT2D eigenvalue weighted by Crippen LogP contribution is -2.42. The first-order valence-corrected chi connectivity index (χ1v) is 9.74. The lowest BCUT2D eigenvalue weighted by atomic mass is 10.1. The van der Waals surface area contributed by atoms with E-state index >= 15 is 0 Å². The van der Waals surface area contributed by atoms with E-state index in [4.69, 9.17) is 4.74 Å². The Bertz CT molecular complexity index is 879. The van der Waals surface area contributed by atoms with Crippen LogP contribution in [0.1, 0.15) is 10.8 Å². The predicted molar refractivity (Wildman–Crippen MR) is 104 cm³/mol. The highest BCUT2D eigenvalue weighted by atomic mass is 32.2. The number of para-hydroxylation sites is 1. The van der Waals surface area contributed by atoms with Gasteiger partial charge in [-0.05, 0) is 17.7 Å². The minimum atomic E-state index is -0.379. The highest BCUT2D eigenvalue weighted by Gasteiger charge is 2.29. The van der Waals surface area contributed by atoms with Gasteiger partial charge < -0.3 is 9.64 Å². The van der Waals surface area contributed by atoms with E-state index in [1.165, 1.54) is 11.8 Å². The molecule has 4 rings (SSSR count). The molecule has 6 nitrogen and oxygen atoms in total. The van der Waals surface area contributed by atoms with Crippen LogP contribution in [0.25, 0.3) is 5.69 Å². The van der Waals surface area contributed by atoms with Crippen LogP contribution in [0.3, 0.4) is 0 Å². The molecule has 3 aromatic rings. The van der Waals surface area contributed by atoms with Crippen molar-refractivity contribution in [1.82, 2.24) is 19.7 Å². The van der Waals surface area contributed by atoms with Gasteiger partial charge in [0.05, 0.1) is 18.9 Å². The smallest absolute Gasteiger partial charge is 0.240 e. The molecule has 1 fully saturated rings. The Morgan fingerprint density at radius 3 is 2.37 bits per heavy atom. The van der Waals surface area contributed by atoms with Crippen molar-refractivity contribution >= 4 is 17.7 Å². The van der Waals surface area contributed by atoms with Gasteiger partial charge in [0.2, 0.25) is 11.1 Å². The van der Waals surface area contributed by atoms with Crippen LogP contribution in [0.2, 0.25) is 0 Å². The quantitative estimate of drug-likeness (QED) is 0.637. The Kier molecular flexibility index (Phi) is 5.50. The molecule has 0 radical (unpaired) electrons. The Hall–Kier alpha value is -2.64. The zero-order valence-corrected chi connectivity index (χ0v) is 15.6. The molecule has 1 aromatic heterocycles. The highest BCUT2D eigenvalue weighted by molar-refractivity contribution is 8.00. The normalized spacial score (nSPS) is 15.5. The topological polar surface area (TPSA) is 60.2 Å². The summed E-state index contributed by atoms with van der Waals surface area (Å²) in [4.78, 5) is 19.4. The van der Waals surface area contributed by atoms with Crippen LogP contribution in [0, 0.1) is 0 Å². The Morgan fingerprint density at radius 1 is 1.00 bits per heavy atom. The summed E-state index contributed by atoms with van der Waals surface area (Å²) in [5, 5.41) is 4.75. The van der Waals surface area contributed by atoms with Gasteiger partial charge in [-0.15, -0.1) is 5.10 Å². The minimum Gasteiger partial charge on any atom is -0.378 e. The monoisotopic (exact) mass is 380 g/mol. The molecule has 138 valence electrons. The minimum absolute atomic E-state index is 0.0746. The van der Waals surface area contributed by atoms with E-state index in [9.17, 15) is 4.79 Å². The molecule has 0 unspecified atom stereocenters. The third-order valence-corrected chi connectivity index (χ3v) is 5.47. The predicted octanol–water partition coefficient (Wildman–Crippen LogP) is 2.96. The first-order valence-electron chi connectivity index (χ1n) is 8.86. The Morgan fingerprint density at radius 2 is 1.67 bits per heavy atom. The van der Waals surface area contributed by atoms with Crippen LogP contribution in [0.15, 0.2) is 72.1 Å². The first kappa shape index (κ1) is 17.8. The number of ether oxygens (including phenoxy) is 1. The molecule has 2 aromatic carbocycles. The molecule has 1 aliphatic heterocycles. The van der Waals surface area contributed by atoms with Gasteiger partial charge in [0.25, 0.3) is 0 Å². The van der Waals surface area contributed by atoms with E-state index in [-0.39, 0.29) is 11.2 Å². The molecule has 0 aliphatic carbocycles.